The average molecular weight is 336 g/mol. The van der Waals surface area contributed by atoms with Crippen LogP contribution >= 0.6 is 0 Å². The van der Waals surface area contributed by atoms with Gasteiger partial charge in [-0.1, -0.05) is 6.07 Å². The summed E-state index contributed by atoms with van der Waals surface area (Å²) in [4.78, 5) is 16.5. The molecule has 0 saturated carbocycles. The van der Waals surface area contributed by atoms with Crippen molar-refractivity contribution in [2.24, 2.45) is 0 Å². The van der Waals surface area contributed by atoms with E-state index in [0.717, 1.165) is 55.5 Å². The Balaban J connectivity index is 1.60. The van der Waals surface area contributed by atoms with Crippen molar-refractivity contribution in [2.75, 3.05) is 13.1 Å². The van der Waals surface area contributed by atoms with E-state index in [1.807, 2.05) is 28.8 Å². The van der Waals surface area contributed by atoms with E-state index in [0.29, 0.717) is 12.1 Å². The molecule has 2 saturated heterocycles. The molecule has 2 atom stereocenters. The molecule has 5 heteroatoms. The van der Waals surface area contributed by atoms with E-state index in [2.05, 4.69) is 22.1 Å². The summed E-state index contributed by atoms with van der Waals surface area (Å²) in [5, 5.41) is 9.64. The van der Waals surface area contributed by atoms with Crippen LogP contribution in [0.3, 0.4) is 0 Å². The number of hydrogen-bond acceptors (Lipinski definition) is 3. The van der Waals surface area contributed by atoms with Crippen LogP contribution in [0.25, 0.3) is 5.52 Å². The van der Waals surface area contributed by atoms with Crippen LogP contribution in [0.2, 0.25) is 0 Å². The lowest BCUT2D eigenvalue weighted by Gasteiger charge is -2.34. The Morgan fingerprint density at radius 1 is 1.24 bits per heavy atom. The number of aromatic nitrogens is 1. The Hall–Kier alpha value is -2.32. The monoisotopic (exact) mass is 336 g/mol. The van der Waals surface area contributed by atoms with Gasteiger partial charge < -0.3 is 9.30 Å². The van der Waals surface area contributed by atoms with Crippen LogP contribution in [0.4, 0.5) is 0 Å². The minimum Gasteiger partial charge on any atom is -0.338 e. The van der Waals surface area contributed by atoms with Crippen LogP contribution in [-0.4, -0.2) is 45.3 Å². The lowest BCUT2D eigenvalue weighted by molar-refractivity contribution is -0.130. The number of nitriles is 1. The Labute approximate surface area is 148 Å². The van der Waals surface area contributed by atoms with Gasteiger partial charge in [-0.3, -0.25) is 9.69 Å². The van der Waals surface area contributed by atoms with Crippen molar-refractivity contribution in [1.29, 1.82) is 5.26 Å². The fourth-order valence-corrected chi connectivity index (χ4v) is 4.71. The first-order chi connectivity index (χ1) is 12.2. The topological polar surface area (TPSA) is 51.8 Å². The SMILES string of the molecule is CC(=O)N1CCC[C@H]1[C@H]1CCCN1Cc1cn2ccccc2c1C#N. The summed E-state index contributed by atoms with van der Waals surface area (Å²) in [6, 6.07) is 9.10. The van der Waals surface area contributed by atoms with Gasteiger partial charge in [0.2, 0.25) is 5.91 Å². The molecule has 25 heavy (non-hydrogen) atoms. The van der Waals surface area contributed by atoms with Crippen molar-refractivity contribution in [3.05, 3.63) is 41.7 Å². The first kappa shape index (κ1) is 16.2. The van der Waals surface area contributed by atoms with Crippen LogP contribution in [0.5, 0.6) is 0 Å². The molecule has 0 unspecified atom stereocenters. The summed E-state index contributed by atoms with van der Waals surface area (Å²) in [7, 11) is 0. The highest BCUT2D eigenvalue weighted by molar-refractivity contribution is 5.74. The van der Waals surface area contributed by atoms with Crippen LogP contribution < -0.4 is 0 Å². The van der Waals surface area contributed by atoms with Crippen LogP contribution in [0, 0.1) is 11.3 Å². The second-order valence-electron chi connectivity index (χ2n) is 7.24. The average Bonchev–Trinajstić information content (AvgIpc) is 3.32. The summed E-state index contributed by atoms with van der Waals surface area (Å²) >= 11 is 0. The summed E-state index contributed by atoms with van der Waals surface area (Å²) in [6.07, 6.45) is 8.60. The van der Waals surface area contributed by atoms with Gasteiger partial charge in [0.05, 0.1) is 11.1 Å². The van der Waals surface area contributed by atoms with Gasteiger partial charge in [0.25, 0.3) is 0 Å². The number of rotatable bonds is 3. The van der Waals surface area contributed by atoms with Gasteiger partial charge in [-0.25, -0.2) is 0 Å². The molecular formula is C20H24N4O. The largest absolute Gasteiger partial charge is 0.338 e. The lowest BCUT2D eigenvalue weighted by atomic mass is 10.0. The van der Waals surface area contributed by atoms with Crippen molar-refractivity contribution >= 4 is 11.4 Å². The number of nitrogens with zero attached hydrogens (tertiary/aromatic N) is 4. The molecule has 4 heterocycles. The van der Waals surface area contributed by atoms with E-state index in [1.165, 1.54) is 6.42 Å². The number of likely N-dealkylation sites (tertiary alicyclic amines) is 2. The zero-order valence-electron chi connectivity index (χ0n) is 14.7. The maximum Gasteiger partial charge on any atom is 0.219 e. The van der Waals surface area contributed by atoms with Gasteiger partial charge in [-0.2, -0.15) is 5.26 Å². The quantitative estimate of drug-likeness (QED) is 0.866. The minimum atomic E-state index is 0.196. The number of carbonyl (C=O) groups is 1. The molecule has 1 amide bonds. The Bertz CT molecular complexity index is 834. The molecule has 2 aromatic rings. The predicted octanol–water partition coefficient (Wildman–Crippen LogP) is 2.79. The molecule has 0 N–H and O–H groups in total. The van der Waals surface area contributed by atoms with E-state index in [4.69, 9.17) is 0 Å². The third kappa shape index (κ3) is 2.81. The lowest BCUT2D eigenvalue weighted by Crippen LogP contribution is -2.47. The summed E-state index contributed by atoms with van der Waals surface area (Å²) < 4.78 is 2.04. The molecule has 130 valence electrons. The second kappa shape index (κ2) is 6.53. The number of fused-ring (bicyclic) bond motifs is 1. The third-order valence-electron chi connectivity index (χ3n) is 5.81. The fraction of sp³-hybridized carbons (Fsp3) is 0.500. The van der Waals surface area contributed by atoms with Crippen molar-refractivity contribution in [3.8, 4) is 6.07 Å². The molecule has 0 bridgehead atoms. The molecule has 2 aromatic heterocycles. The Morgan fingerprint density at radius 3 is 2.84 bits per heavy atom. The molecule has 2 fully saturated rings. The number of pyridine rings is 1. The van der Waals surface area contributed by atoms with Gasteiger partial charge in [0.15, 0.2) is 0 Å². The molecule has 2 aliphatic rings. The van der Waals surface area contributed by atoms with Crippen molar-refractivity contribution in [1.82, 2.24) is 14.2 Å². The van der Waals surface area contributed by atoms with Crippen LogP contribution in [-0.2, 0) is 11.3 Å². The normalized spacial score (nSPS) is 24.1. The first-order valence-corrected chi connectivity index (χ1v) is 9.19. The van der Waals surface area contributed by atoms with Crippen LogP contribution in [0.15, 0.2) is 30.6 Å². The highest BCUT2D eigenvalue weighted by Crippen LogP contribution is 2.32. The van der Waals surface area contributed by atoms with E-state index < -0.39 is 0 Å². The van der Waals surface area contributed by atoms with Crippen molar-refractivity contribution in [2.45, 2.75) is 51.2 Å². The van der Waals surface area contributed by atoms with E-state index in [-0.39, 0.29) is 5.91 Å². The minimum absolute atomic E-state index is 0.196. The molecular weight excluding hydrogens is 312 g/mol. The predicted molar refractivity (Wildman–Crippen MR) is 96.0 cm³/mol. The Kier molecular flexibility index (Phi) is 4.22. The molecule has 0 aromatic carbocycles. The van der Waals surface area contributed by atoms with E-state index in [1.54, 1.807) is 6.92 Å². The zero-order chi connectivity index (χ0) is 17.4. The van der Waals surface area contributed by atoms with Gasteiger partial charge >= 0.3 is 0 Å². The van der Waals surface area contributed by atoms with Crippen molar-refractivity contribution < 1.29 is 4.79 Å². The Morgan fingerprint density at radius 2 is 2.04 bits per heavy atom. The first-order valence-electron chi connectivity index (χ1n) is 9.19. The van der Waals surface area contributed by atoms with E-state index >= 15 is 0 Å². The molecule has 0 radical (unpaired) electrons. The van der Waals surface area contributed by atoms with E-state index in [9.17, 15) is 10.1 Å². The van der Waals surface area contributed by atoms with Gasteiger partial charge in [0.1, 0.15) is 6.07 Å². The highest BCUT2D eigenvalue weighted by atomic mass is 16.2. The van der Waals surface area contributed by atoms with Crippen LogP contribution in [0.1, 0.15) is 43.7 Å². The fourth-order valence-electron chi connectivity index (χ4n) is 4.71. The maximum absolute atomic E-state index is 12.0. The van der Waals surface area contributed by atoms with Gasteiger partial charge in [0, 0.05) is 50.1 Å². The third-order valence-corrected chi connectivity index (χ3v) is 5.81. The number of carbonyl (C=O) groups excluding carboxylic acids is 1. The second-order valence-corrected chi connectivity index (χ2v) is 7.24. The van der Waals surface area contributed by atoms with Crippen molar-refractivity contribution in [3.63, 3.8) is 0 Å². The summed E-state index contributed by atoms with van der Waals surface area (Å²) in [5.41, 5.74) is 2.84. The van der Waals surface area contributed by atoms with Gasteiger partial charge in [-0.15, -0.1) is 0 Å². The highest BCUT2D eigenvalue weighted by Gasteiger charge is 2.38. The zero-order valence-corrected chi connectivity index (χ0v) is 14.7. The molecule has 0 aliphatic carbocycles. The molecule has 0 spiro atoms. The number of hydrogen-bond donors (Lipinski definition) is 0. The smallest absolute Gasteiger partial charge is 0.219 e. The molecule has 5 nitrogen and oxygen atoms in total. The number of amides is 1. The standard InChI is InChI=1S/C20H24N4O/c1-15(25)24-11-5-8-20(24)19-7-4-10-23(19)14-16-13-22-9-3-2-6-18(22)17(16)12-21/h2-3,6,9,13,19-20H,4-5,7-8,10-11,14H2,1H3/t19-,20+/m1/s1. The maximum atomic E-state index is 12.0. The molecule has 4 rings (SSSR count). The van der Waals surface area contributed by atoms with Gasteiger partial charge in [-0.05, 0) is 44.4 Å². The summed E-state index contributed by atoms with van der Waals surface area (Å²) in [5.74, 6) is 0.196. The molecule has 2 aliphatic heterocycles. The summed E-state index contributed by atoms with van der Waals surface area (Å²) in [6.45, 7) is 4.41.